The second kappa shape index (κ2) is 9.65. The highest BCUT2D eigenvalue weighted by Crippen LogP contribution is 2.34. The van der Waals surface area contributed by atoms with E-state index < -0.39 is 11.8 Å². The fourth-order valence-electron chi connectivity index (χ4n) is 3.63. The van der Waals surface area contributed by atoms with E-state index in [1.807, 2.05) is 0 Å². The first-order valence-corrected chi connectivity index (χ1v) is 10.3. The first-order chi connectivity index (χ1) is 15.1. The number of amides is 2. The molecule has 2 aliphatic rings. The van der Waals surface area contributed by atoms with Crippen LogP contribution in [0.5, 0.6) is 11.5 Å². The van der Waals surface area contributed by atoms with E-state index in [9.17, 15) is 14.0 Å². The largest absolute Gasteiger partial charge is 0.454 e. The molecule has 164 valence electrons. The van der Waals surface area contributed by atoms with Crippen molar-refractivity contribution in [2.75, 3.05) is 56.3 Å². The van der Waals surface area contributed by atoms with Gasteiger partial charge in [-0.25, -0.2) is 4.39 Å². The van der Waals surface area contributed by atoms with E-state index in [0.717, 1.165) is 44.8 Å². The van der Waals surface area contributed by atoms with Gasteiger partial charge in [-0.15, -0.1) is 0 Å². The maximum Gasteiger partial charge on any atom is 0.313 e. The van der Waals surface area contributed by atoms with Crippen LogP contribution in [0.3, 0.4) is 0 Å². The highest BCUT2D eigenvalue weighted by Gasteiger charge is 2.19. The number of anilines is 2. The number of carbonyl (C=O) groups is 2. The number of piperazine rings is 1. The molecule has 9 heteroatoms. The number of nitrogens with one attached hydrogen (secondary N) is 2. The number of ether oxygens (including phenoxy) is 2. The molecule has 0 radical (unpaired) electrons. The Morgan fingerprint density at radius 1 is 0.935 bits per heavy atom. The van der Waals surface area contributed by atoms with Crippen molar-refractivity contribution >= 4 is 23.2 Å². The van der Waals surface area contributed by atoms with Crippen LogP contribution < -0.4 is 25.0 Å². The molecule has 2 heterocycles. The fraction of sp³-hybridized carbons (Fsp3) is 0.364. The van der Waals surface area contributed by atoms with E-state index >= 15 is 0 Å². The Balaban J connectivity index is 1.13. The van der Waals surface area contributed by atoms with Gasteiger partial charge in [-0.1, -0.05) is 0 Å². The Bertz CT molecular complexity index is 930. The van der Waals surface area contributed by atoms with Gasteiger partial charge in [0.05, 0.1) is 0 Å². The molecular weight excluding hydrogens is 403 g/mol. The van der Waals surface area contributed by atoms with Crippen molar-refractivity contribution in [1.82, 2.24) is 10.2 Å². The van der Waals surface area contributed by atoms with Crippen LogP contribution in [0.1, 0.15) is 6.42 Å². The Kier molecular flexibility index (Phi) is 6.51. The van der Waals surface area contributed by atoms with Crippen LogP contribution in [-0.4, -0.2) is 62.8 Å². The van der Waals surface area contributed by atoms with Gasteiger partial charge in [-0.2, -0.15) is 0 Å². The van der Waals surface area contributed by atoms with Crippen LogP contribution in [0.2, 0.25) is 0 Å². The molecule has 0 spiro atoms. The Hall–Kier alpha value is -3.33. The van der Waals surface area contributed by atoms with Crippen molar-refractivity contribution in [2.45, 2.75) is 6.42 Å². The van der Waals surface area contributed by atoms with Crippen molar-refractivity contribution in [3.8, 4) is 11.5 Å². The van der Waals surface area contributed by atoms with Crippen molar-refractivity contribution in [3.05, 3.63) is 48.3 Å². The normalized spacial score (nSPS) is 15.6. The minimum atomic E-state index is -0.716. The molecule has 1 saturated heterocycles. The summed E-state index contributed by atoms with van der Waals surface area (Å²) in [5.74, 6) is -0.460. The zero-order valence-corrected chi connectivity index (χ0v) is 17.1. The predicted octanol–water partition coefficient (Wildman–Crippen LogP) is 1.82. The number of halogens is 1. The number of hydrogen-bond acceptors (Lipinski definition) is 6. The summed E-state index contributed by atoms with van der Waals surface area (Å²) >= 11 is 0. The quantitative estimate of drug-likeness (QED) is 0.540. The summed E-state index contributed by atoms with van der Waals surface area (Å²) < 4.78 is 23.5. The van der Waals surface area contributed by atoms with E-state index in [0.29, 0.717) is 23.7 Å². The first-order valence-electron chi connectivity index (χ1n) is 10.3. The van der Waals surface area contributed by atoms with Crippen molar-refractivity contribution < 1.29 is 23.5 Å². The monoisotopic (exact) mass is 428 g/mol. The SMILES string of the molecule is O=C(NCCCN1CCN(c2ccc(F)cc2)CC1)C(=O)Nc1ccc2c(c1)OCO2. The zero-order valence-electron chi connectivity index (χ0n) is 17.1. The fourth-order valence-corrected chi connectivity index (χ4v) is 3.63. The summed E-state index contributed by atoms with van der Waals surface area (Å²) in [6, 6.07) is 11.5. The van der Waals surface area contributed by atoms with Gasteiger partial charge >= 0.3 is 11.8 Å². The predicted molar refractivity (Wildman–Crippen MR) is 114 cm³/mol. The van der Waals surface area contributed by atoms with Gasteiger partial charge in [0.25, 0.3) is 0 Å². The molecule has 0 aliphatic carbocycles. The number of benzene rings is 2. The molecule has 1 fully saturated rings. The van der Waals surface area contributed by atoms with Crippen molar-refractivity contribution in [3.63, 3.8) is 0 Å². The van der Waals surface area contributed by atoms with Gasteiger partial charge in [-0.05, 0) is 49.4 Å². The Morgan fingerprint density at radius 3 is 2.45 bits per heavy atom. The lowest BCUT2D eigenvalue weighted by molar-refractivity contribution is -0.136. The van der Waals surface area contributed by atoms with Crippen molar-refractivity contribution in [2.24, 2.45) is 0 Å². The molecule has 31 heavy (non-hydrogen) atoms. The maximum absolute atomic E-state index is 13.1. The average Bonchev–Trinajstić information content (AvgIpc) is 3.25. The minimum Gasteiger partial charge on any atom is -0.454 e. The molecule has 2 aromatic carbocycles. The molecule has 0 aromatic heterocycles. The van der Waals surface area contributed by atoms with E-state index in [-0.39, 0.29) is 12.6 Å². The van der Waals surface area contributed by atoms with Crippen LogP contribution >= 0.6 is 0 Å². The van der Waals surface area contributed by atoms with Crippen LogP contribution in [0, 0.1) is 5.82 Å². The summed E-state index contributed by atoms with van der Waals surface area (Å²) in [5, 5.41) is 5.21. The number of fused-ring (bicyclic) bond motifs is 1. The Labute approximate surface area is 179 Å². The summed E-state index contributed by atoms with van der Waals surface area (Å²) in [6.07, 6.45) is 0.750. The van der Waals surface area contributed by atoms with Gasteiger partial charge in [0.2, 0.25) is 6.79 Å². The highest BCUT2D eigenvalue weighted by molar-refractivity contribution is 6.39. The number of nitrogens with zero attached hydrogens (tertiary/aromatic N) is 2. The van der Waals surface area contributed by atoms with Crippen LogP contribution in [0.15, 0.2) is 42.5 Å². The molecule has 0 unspecified atom stereocenters. The molecule has 4 rings (SSSR count). The minimum absolute atomic E-state index is 0.147. The smallest absolute Gasteiger partial charge is 0.313 e. The van der Waals surface area contributed by atoms with E-state index in [4.69, 9.17) is 9.47 Å². The topological polar surface area (TPSA) is 83.1 Å². The third-order valence-electron chi connectivity index (χ3n) is 5.34. The number of carbonyl (C=O) groups excluding carboxylic acids is 2. The molecule has 8 nitrogen and oxygen atoms in total. The molecule has 0 saturated carbocycles. The third-order valence-corrected chi connectivity index (χ3v) is 5.34. The number of rotatable bonds is 6. The summed E-state index contributed by atoms with van der Waals surface area (Å²) in [4.78, 5) is 28.6. The van der Waals surface area contributed by atoms with E-state index in [1.165, 1.54) is 12.1 Å². The summed E-state index contributed by atoms with van der Waals surface area (Å²) in [7, 11) is 0. The Morgan fingerprint density at radius 2 is 1.68 bits per heavy atom. The summed E-state index contributed by atoms with van der Waals surface area (Å²) in [6.45, 7) is 4.94. The van der Waals surface area contributed by atoms with E-state index in [2.05, 4.69) is 20.4 Å². The van der Waals surface area contributed by atoms with Gasteiger partial charge in [0, 0.05) is 50.2 Å². The molecule has 0 bridgehead atoms. The second-order valence-electron chi connectivity index (χ2n) is 7.44. The third kappa shape index (κ3) is 5.43. The molecule has 2 aromatic rings. The molecular formula is C22H25FN4O4. The van der Waals surface area contributed by atoms with E-state index in [1.54, 1.807) is 30.3 Å². The first kappa shape index (κ1) is 20.9. The summed E-state index contributed by atoms with van der Waals surface area (Å²) in [5.41, 5.74) is 1.50. The molecule has 2 N–H and O–H groups in total. The van der Waals surface area contributed by atoms with Crippen LogP contribution in [0.4, 0.5) is 15.8 Å². The lowest BCUT2D eigenvalue weighted by Crippen LogP contribution is -2.47. The maximum atomic E-state index is 13.1. The average molecular weight is 428 g/mol. The molecule has 2 aliphatic heterocycles. The lowest BCUT2D eigenvalue weighted by atomic mass is 10.2. The van der Waals surface area contributed by atoms with Crippen LogP contribution in [0.25, 0.3) is 0 Å². The molecule has 2 amide bonds. The van der Waals surface area contributed by atoms with Gasteiger partial charge in [0.15, 0.2) is 11.5 Å². The van der Waals surface area contributed by atoms with Gasteiger partial charge < -0.3 is 25.0 Å². The zero-order chi connectivity index (χ0) is 21.6. The number of hydrogen-bond donors (Lipinski definition) is 2. The van der Waals surface area contributed by atoms with Crippen LogP contribution in [-0.2, 0) is 9.59 Å². The van der Waals surface area contributed by atoms with Gasteiger partial charge in [-0.3, -0.25) is 14.5 Å². The molecule has 0 atom stereocenters. The second-order valence-corrected chi connectivity index (χ2v) is 7.44. The highest BCUT2D eigenvalue weighted by atomic mass is 19.1. The van der Waals surface area contributed by atoms with Crippen molar-refractivity contribution in [1.29, 1.82) is 0 Å². The lowest BCUT2D eigenvalue weighted by Gasteiger charge is -2.36. The van der Waals surface area contributed by atoms with Gasteiger partial charge in [0.1, 0.15) is 5.82 Å². The standard InChI is InChI=1S/C22H25FN4O4/c23-16-2-5-18(6-3-16)27-12-10-26(11-13-27)9-1-8-24-21(28)22(29)25-17-4-7-19-20(14-17)31-15-30-19/h2-7,14H,1,8-13,15H2,(H,24,28)(H,25,29).